The number of hydrogen-bond acceptors (Lipinski definition) is 3. The van der Waals surface area contributed by atoms with E-state index >= 15 is 0 Å². The molecule has 0 unspecified atom stereocenters. The van der Waals surface area contributed by atoms with Crippen molar-refractivity contribution in [1.29, 1.82) is 0 Å². The Balaban J connectivity index is 4.39. The standard InChI is InChI=1S/C10H19N3O4/c1-6(2)4-7(9(15)16)12-10(17)13(3)5-8(11)14/h6-7H,4-5H2,1-3H3,(H2,11,14)(H,12,17)(H,15,16)/t7-/m0/s1. The Labute approximate surface area is 100.0 Å². The predicted octanol–water partition coefficient (Wildman–Crippen LogP) is -0.388. The van der Waals surface area contributed by atoms with E-state index in [-0.39, 0.29) is 12.5 Å². The Bertz CT molecular complexity index is 304. The van der Waals surface area contributed by atoms with Crippen LogP contribution in [0.5, 0.6) is 0 Å². The van der Waals surface area contributed by atoms with Crippen molar-refractivity contribution in [2.24, 2.45) is 11.7 Å². The fraction of sp³-hybridized carbons (Fsp3) is 0.700. The molecule has 0 aromatic heterocycles. The summed E-state index contributed by atoms with van der Waals surface area (Å²) in [5.74, 6) is -1.62. The van der Waals surface area contributed by atoms with E-state index in [1.54, 1.807) is 0 Å². The van der Waals surface area contributed by atoms with Gasteiger partial charge in [-0.15, -0.1) is 0 Å². The molecule has 0 saturated carbocycles. The van der Waals surface area contributed by atoms with Crippen molar-refractivity contribution in [2.75, 3.05) is 13.6 Å². The molecule has 0 aromatic rings. The molecule has 1 atom stereocenters. The van der Waals surface area contributed by atoms with Crippen LogP contribution in [-0.4, -0.2) is 47.5 Å². The minimum absolute atomic E-state index is 0.137. The Morgan fingerprint density at radius 1 is 1.35 bits per heavy atom. The number of urea groups is 1. The number of carbonyl (C=O) groups excluding carboxylic acids is 2. The third-order valence-electron chi connectivity index (χ3n) is 2.04. The maximum Gasteiger partial charge on any atom is 0.326 e. The number of hydrogen-bond donors (Lipinski definition) is 3. The van der Waals surface area contributed by atoms with Crippen molar-refractivity contribution in [3.63, 3.8) is 0 Å². The lowest BCUT2D eigenvalue weighted by atomic mass is 10.0. The summed E-state index contributed by atoms with van der Waals surface area (Å²) in [6.45, 7) is 3.46. The summed E-state index contributed by atoms with van der Waals surface area (Å²) in [5, 5.41) is 11.2. The van der Waals surface area contributed by atoms with Gasteiger partial charge in [0.15, 0.2) is 0 Å². The van der Waals surface area contributed by atoms with Crippen LogP contribution in [-0.2, 0) is 9.59 Å². The summed E-state index contributed by atoms with van der Waals surface area (Å²) in [4.78, 5) is 34.0. The third-order valence-corrected chi connectivity index (χ3v) is 2.04. The summed E-state index contributed by atoms with van der Waals surface area (Å²) in [6, 6.07) is -1.59. The number of amides is 3. The van der Waals surface area contributed by atoms with Gasteiger partial charge in [-0.3, -0.25) is 4.79 Å². The van der Waals surface area contributed by atoms with Crippen LogP contribution >= 0.6 is 0 Å². The van der Waals surface area contributed by atoms with Gasteiger partial charge in [0, 0.05) is 7.05 Å². The molecular weight excluding hydrogens is 226 g/mol. The quantitative estimate of drug-likeness (QED) is 0.591. The van der Waals surface area contributed by atoms with Crippen molar-refractivity contribution in [1.82, 2.24) is 10.2 Å². The fourth-order valence-electron chi connectivity index (χ4n) is 1.26. The molecule has 0 aliphatic heterocycles. The highest BCUT2D eigenvalue weighted by molar-refractivity contribution is 5.85. The average Bonchev–Trinajstić information content (AvgIpc) is 2.14. The first-order valence-corrected chi connectivity index (χ1v) is 5.26. The Morgan fingerprint density at radius 3 is 2.24 bits per heavy atom. The van der Waals surface area contributed by atoms with E-state index in [1.807, 2.05) is 13.8 Å². The van der Waals surface area contributed by atoms with Crippen LogP contribution in [0.15, 0.2) is 0 Å². The van der Waals surface area contributed by atoms with Crippen LogP contribution in [0.2, 0.25) is 0 Å². The molecule has 98 valence electrons. The number of nitrogens with zero attached hydrogens (tertiary/aromatic N) is 1. The maximum absolute atomic E-state index is 11.5. The van der Waals surface area contributed by atoms with Gasteiger partial charge in [-0.05, 0) is 12.3 Å². The normalized spacial score (nSPS) is 12.0. The van der Waals surface area contributed by atoms with Crippen molar-refractivity contribution >= 4 is 17.9 Å². The number of carboxylic acids is 1. The summed E-state index contributed by atoms with van der Waals surface area (Å²) >= 11 is 0. The lowest BCUT2D eigenvalue weighted by Gasteiger charge is -2.21. The van der Waals surface area contributed by atoms with E-state index in [0.717, 1.165) is 4.90 Å². The minimum atomic E-state index is -1.10. The maximum atomic E-state index is 11.5. The van der Waals surface area contributed by atoms with Gasteiger partial charge in [-0.2, -0.15) is 0 Å². The molecule has 0 spiro atoms. The molecule has 7 nitrogen and oxygen atoms in total. The summed E-state index contributed by atoms with van der Waals surface area (Å²) in [6.07, 6.45) is 0.325. The molecule has 4 N–H and O–H groups in total. The second-order valence-corrected chi connectivity index (χ2v) is 4.29. The van der Waals surface area contributed by atoms with Gasteiger partial charge in [-0.1, -0.05) is 13.8 Å². The molecule has 0 rings (SSSR count). The number of nitrogens with one attached hydrogen (secondary N) is 1. The molecule has 0 bridgehead atoms. The van der Waals surface area contributed by atoms with E-state index in [9.17, 15) is 14.4 Å². The van der Waals surface area contributed by atoms with Crippen LogP contribution < -0.4 is 11.1 Å². The van der Waals surface area contributed by atoms with Gasteiger partial charge < -0.3 is 21.1 Å². The predicted molar refractivity (Wildman–Crippen MR) is 61.2 cm³/mol. The molecule has 0 aliphatic rings. The number of rotatable bonds is 6. The number of nitrogens with two attached hydrogens (primary N) is 1. The molecule has 0 saturated heterocycles. The highest BCUT2D eigenvalue weighted by Crippen LogP contribution is 2.05. The molecule has 0 radical (unpaired) electrons. The summed E-state index contributed by atoms with van der Waals surface area (Å²) in [5.41, 5.74) is 4.93. The summed E-state index contributed by atoms with van der Waals surface area (Å²) in [7, 11) is 1.37. The first-order valence-electron chi connectivity index (χ1n) is 5.26. The molecule has 0 aliphatic carbocycles. The highest BCUT2D eigenvalue weighted by Gasteiger charge is 2.22. The lowest BCUT2D eigenvalue weighted by Crippen LogP contribution is -2.49. The van der Waals surface area contributed by atoms with E-state index in [0.29, 0.717) is 6.42 Å². The van der Waals surface area contributed by atoms with Crippen molar-refractivity contribution in [3.8, 4) is 0 Å². The number of primary amides is 1. The number of likely N-dealkylation sites (N-methyl/N-ethyl adjacent to an activating group) is 1. The number of carbonyl (C=O) groups is 3. The van der Waals surface area contributed by atoms with Crippen molar-refractivity contribution in [3.05, 3.63) is 0 Å². The van der Waals surface area contributed by atoms with Gasteiger partial charge in [-0.25, -0.2) is 9.59 Å². The van der Waals surface area contributed by atoms with Gasteiger partial charge >= 0.3 is 12.0 Å². The summed E-state index contributed by atoms with van der Waals surface area (Å²) < 4.78 is 0. The zero-order valence-electron chi connectivity index (χ0n) is 10.3. The van der Waals surface area contributed by atoms with Crippen LogP contribution in [0.25, 0.3) is 0 Å². The van der Waals surface area contributed by atoms with E-state index in [4.69, 9.17) is 10.8 Å². The molecule has 17 heavy (non-hydrogen) atoms. The van der Waals surface area contributed by atoms with Gasteiger partial charge in [0.05, 0.1) is 0 Å². The first kappa shape index (κ1) is 15.2. The Morgan fingerprint density at radius 2 is 1.88 bits per heavy atom. The molecular formula is C10H19N3O4. The van der Waals surface area contributed by atoms with E-state index in [1.165, 1.54) is 7.05 Å². The highest BCUT2D eigenvalue weighted by atomic mass is 16.4. The van der Waals surface area contributed by atoms with Crippen LogP contribution in [0.1, 0.15) is 20.3 Å². The SMILES string of the molecule is CC(C)C[C@H](NC(=O)N(C)CC(N)=O)C(=O)O. The third kappa shape index (κ3) is 6.39. The van der Waals surface area contributed by atoms with Crippen molar-refractivity contribution < 1.29 is 19.5 Å². The molecule has 3 amide bonds. The Kier molecular flexibility index (Phi) is 6.01. The average molecular weight is 245 g/mol. The van der Waals surface area contributed by atoms with Gasteiger partial charge in [0.25, 0.3) is 0 Å². The fourth-order valence-corrected chi connectivity index (χ4v) is 1.26. The second kappa shape index (κ2) is 6.72. The number of aliphatic carboxylic acids is 1. The zero-order chi connectivity index (χ0) is 13.6. The molecule has 0 heterocycles. The zero-order valence-corrected chi connectivity index (χ0v) is 10.3. The van der Waals surface area contributed by atoms with E-state index < -0.39 is 23.9 Å². The van der Waals surface area contributed by atoms with Crippen molar-refractivity contribution in [2.45, 2.75) is 26.3 Å². The molecule has 0 fully saturated rings. The first-order chi connectivity index (χ1) is 7.73. The lowest BCUT2D eigenvalue weighted by molar-refractivity contribution is -0.139. The minimum Gasteiger partial charge on any atom is -0.480 e. The largest absolute Gasteiger partial charge is 0.480 e. The Hall–Kier alpha value is -1.79. The van der Waals surface area contributed by atoms with Crippen LogP contribution in [0.3, 0.4) is 0 Å². The van der Waals surface area contributed by atoms with Gasteiger partial charge in [0.1, 0.15) is 12.6 Å². The van der Waals surface area contributed by atoms with Crippen LogP contribution in [0, 0.1) is 5.92 Å². The molecule has 0 aromatic carbocycles. The second-order valence-electron chi connectivity index (χ2n) is 4.29. The molecule has 7 heteroatoms. The van der Waals surface area contributed by atoms with Crippen LogP contribution in [0.4, 0.5) is 4.79 Å². The topological polar surface area (TPSA) is 113 Å². The van der Waals surface area contributed by atoms with Gasteiger partial charge in [0.2, 0.25) is 5.91 Å². The smallest absolute Gasteiger partial charge is 0.326 e. The van der Waals surface area contributed by atoms with E-state index in [2.05, 4.69) is 5.32 Å². The monoisotopic (exact) mass is 245 g/mol. The number of carboxylic acid groups (broad SMARTS) is 1.